The summed E-state index contributed by atoms with van der Waals surface area (Å²) in [5.74, 6) is 4.53. The van der Waals surface area contributed by atoms with Crippen LogP contribution in [0, 0.1) is 97.6 Å². The summed E-state index contributed by atoms with van der Waals surface area (Å²) in [5.41, 5.74) is 25.6. The minimum atomic E-state index is -0.833. The number of aliphatic hydroxyl groups is 3. The highest BCUT2D eigenvalue weighted by molar-refractivity contribution is 5.66. The van der Waals surface area contributed by atoms with E-state index in [9.17, 15) is 20.1 Å². The van der Waals surface area contributed by atoms with Crippen molar-refractivity contribution in [2.75, 3.05) is 19.6 Å². The van der Waals surface area contributed by atoms with E-state index in [1.165, 1.54) is 68.1 Å². The predicted octanol–water partition coefficient (Wildman–Crippen LogP) is 14.3. The number of ether oxygens (including phenoxy) is 1. The molecule has 0 aliphatic heterocycles. The Bertz CT molecular complexity index is 2060. The molecule has 9 fully saturated rings. The van der Waals surface area contributed by atoms with Crippen LogP contribution in [0.25, 0.3) is 10.4 Å². The number of carbonyl (C=O) groups excluding carboxylic acids is 1. The molecule has 0 aromatic heterocycles. The van der Waals surface area contributed by atoms with Crippen LogP contribution >= 0.6 is 0 Å². The lowest BCUT2D eigenvalue weighted by molar-refractivity contribution is -0.172. The van der Waals surface area contributed by atoms with Gasteiger partial charge >= 0.3 is 5.97 Å². The Balaban J connectivity index is 0.000000184. The Morgan fingerprint density at radius 3 is 1.37 bits per heavy atom. The molecule has 0 bridgehead atoms. The van der Waals surface area contributed by atoms with Crippen molar-refractivity contribution in [3.63, 3.8) is 0 Å². The Kier molecular flexibility index (Phi) is 21.7. The van der Waals surface area contributed by atoms with Crippen molar-refractivity contribution >= 4 is 11.9 Å². The van der Waals surface area contributed by atoms with Gasteiger partial charge in [-0.1, -0.05) is 110 Å². The second-order valence-corrected chi connectivity index (χ2v) is 29.2. The monoisotopic (exact) mass is 1090 g/mol. The van der Waals surface area contributed by atoms with E-state index in [4.69, 9.17) is 31.6 Å². The van der Waals surface area contributed by atoms with Crippen molar-refractivity contribution < 1.29 is 34.8 Å². The first-order chi connectivity index (χ1) is 36.6. The molecule has 9 rings (SSSR count). The fourth-order valence-corrected chi connectivity index (χ4v) is 19.6. The van der Waals surface area contributed by atoms with Crippen molar-refractivity contribution in [1.29, 1.82) is 0 Å². The Hall–Kier alpha value is -2.73. The number of rotatable bonds is 11. The third-order valence-electron chi connectivity index (χ3n) is 25.1. The highest BCUT2D eigenvalue weighted by Gasteiger charge is 2.60. The summed E-state index contributed by atoms with van der Waals surface area (Å²) in [6, 6.07) is 0. The molecule has 0 saturated heterocycles. The Morgan fingerprint density at radius 1 is 0.577 bits per heavy atom. The van der Waals surface area contributed by atoms with Gasteiger partial charge in [-0.25, -0.2) is 0 Å². The number of esters is 1. The average Bonchev–Trinajstić information content (AvgIpc) is 4.14. The number of carboxylic acids is 1. The zero-order valence-corrected chi connectivity index (χ0v) is 50.9. The molecule has 444 valence electrons. The van der Waals surface area contributed by atoms with Gasteiger partial charge in [0.1, 0.15) is 6.10 Å². The smallest absolute Gasteiger partial charge is 0.302 e. The van der Waals surface area contributed by atoms with Crippen LogP contribution in [0.2, 0.25) is 0 Å². The first-order valence-electron chi connectivity index (χ1n) is 31.5. The molecule has 0 heterocycles. The van der Waals surface area contributed by atoms with E-state index < -0.39 is 5.97 Å². The lowest BCUT2D eigenvalue weighted by Gasteiger charge is -2.56. The molecule has 21 atom stereocenters. The van der Waals surface area contributed by atoms with Crippen LogP contribution in [-0.2, 0) is 14.3 Å². The second-order valence-electron chi connectivity index (χ2n) is 29.2. The van der Waals surface area contributed by atoms with E-state index in [0.29, 0.717) is 72.3 Å². The lowest BCUT2D eigenvalue weighted by Crippen LogP contribution is -2.53. The minimum Gasteiger partial charge on any atom is -0.481 e. The molecule has 0 aromatic carbocycles. The third-order valence-corrected chi connectivity index (χ3v) is 25.1. The van der Waals surface area contributed by atoms with Crippen molar-refractivity contribution in [2.45, 2.75) is 248 Å². The molecule has 0 amide bonds. The lowest BCUT2D eigenvalue weighted by atomic mass is 9.51. The van der Waals surface area contributed by atoms with Gasteiger partial charge in [-0.05, 0) is 246 Å². The maximum atomic E-state index is 12.1. The van der Waals surface area contributed by atoms with Gasteiger partial charge in [-0.3, -0.25) is 9.59 Å². The van der Waals surface area contributed by atoms with E-state index in [2.05, 4.69) is 85.2 Å². The number of azide groups is 1. The van der Waals surface area contributed by atoms with Gasteiger partial charge in [-0.2, -0.15) is 0 Å². The number of fused-ring (bicyclic) bond motifs is 3. The molecule has 9 aliphatic carbocycles. The molecule has 78 heavy (non-hydrogen) atoms. The van der Waals surface area contributed by atoms with E-state index in [1.54, 1.807) is 6.92 Å². The maximum Gasteiger partial charge on any atom is 0.302 e. The van der Waals surface area contributed by atoms with Gasteiger partial charge in [-0.15, -0.1) is 0 Å². The summed E-state index contributed by atoms with van der Waals surface area (Å²) >= 11 is 0. The highest BCUT2D eigenvalue weighted by atomic mass is 16.5. The standard InChI is InChI=1S/C23H37N3O2.C21H37NO.C20H35NO2.C2H4O2/c1-15-8-11-23(5,18(14-15)10-13-25-26-24)20-9-12-22(4)16(2)6-7-19(22)21(20)28-17(3)27;1-14-7-10-21(4,16(13-14)9-12-22)18-8-11-20(3)15(2)5-6-17(20)19(18)23;1-13-4-5-16-18(23)17(7-10-19(13,16)2)20(3)9-6-15(22)12-14(20)8-11-21;1-2(3)4/h15,18-21H,2,6-14H2,1,3-5H3;14,16-19,23H,2,5-13,22H2,1,3-4H3;14-18,22-23H,1,4-12,21H2,2-3H3;1H3,(H,3,4)/t15-,18-,19?,20?,21-,22+,23-;14-,16-,17?,18?,19-,20+,21-;14-,15-,16?,17?,18-,19+,20-;/m000./s1. The fraction of sp³-hybridized carbons (Fsp3) is 0.879. The van der Waals surface area contributed by atoms with Crippen LogP contribution in [0.15, 0.2) is 41.6 Å². The normalized spacial score (nSPS) is 45.8. The van der Waals surface area contributed by atoms with Gasteiger partial charge in [0.05, 0.1) is 18.3 Å². The SMILES string of the molecule is C=C1CCC2[C@H](O)C([C@@]3(C)CC[C@H](C)C[C@@H]3CCN)CC[C@]12C.C=C1CCC2[C@H](O)C([C@@]3(C)CC[C@H](O)C[C@@H]3CCN)CC[C@]12C.C=C1CCC2[C@H](OC(C)=O)C([C@@]3(C)CC[C@H](C)C[C@@H]3CCN=[N+]=[N-])CC[C@]12C.CC(=O)O. The number of nitrogens with two attached hydrogens (primary N) is 2. The van der Waals surface area contributed by atoms with Gasteiger partial charge in [0.2, 0.25) is 0 Å². The van der Waals surface area contributed by atoms with E-state index >= 15 is 0 Å². The van der Waals surface area contributed by atoms with Crippen LogP contribution in [-0.4, -0.2) is 76.4 Å². The molecule has 0 radical (unpaired) electrons. The second kappa shape index (κ2) is 26.2. The summed E-state index contributed by atoms with van der Waals surface area (Å²) in [5, 5.41) is 43.9. The summed E-state index contributed by atoms with van der Waals surface area (Å²) in [7, 11) is 0. The van der Waals surface area contributed by atoms with Crippen LogP contribution in [0.1, 0.15) is 223 Å². The number of allylic oxidation sites excluding steroid dienone is 3. The Morgan fingerprint density at radius 2 is 0.949 bits per heavy atom. The number of aliphatic hydroxyl groups excluding tert-OH is 3. The van der Waals surface area contributed by atoms with E-state index in [1.807, 2.05) is 0 Å². The molecule has 0 spiro atoms. The van der Waals surface area contributed by atoms with Crippen molar-refractivity contribution in [3.8, 4) is 0 Å². The molecule has 6 unspecified atom stereocenters. The molecule has 12 nitrogen and oxygen atoms in total. The first kappa shape index (κ1) is 64.4. The van der Waals surface area contributed by atoms with Crippen LogP contribution in [0.4, 0.5) is 0 Å². The van der Waals surface area contributed by atoms with Crippen LogP contribution in [0.5, 0.6) is 0 Å². The number of carboxylic acid groups (broad SMARTS) is 1. The molecular weight excluding hydrogens is 975 g/mol. The number of aliphatic carboxylic acids is 1. The van der Waals surface area contributed by atoms with Crippen molar-refractivity contribution in [1.82, 2.24) is 0 Å². The summed E-state index contributed by atoms with van der Waals surface area (Å²) in [6.07, 6.45) is 26.1. The topological polar surface area (TPSA) is 225 Å². The zero-order valence-electron chi connectivity index (χ0n) is 50.9. The molecule has 9 aliphatic rings. The van der Waals surface area contributed by atoms with Gasteiger partial charge in [0.25, 0.3) is 5.97 Å². The van der Waals surface area contributed by atoms with Gasteiger partial charge < -0.3 is 36.6 Å². The number of hydrogen-bond donors (Lipinski definition) is 6. The largest absolute Gasteiger partial charge is 0.481 e. The van der Waals surface area contributed by atoms with Crippen molar-refractivity contribution in [3.05, 3.63) is 46.9 Å². The zero-order chi connectivity index (χ0) is 57.8. The average molecular weight is 1090 g/mol. The highest BCUT2D eigenvalue weighted by Crippen LogP contribution is 2.65. The molecule has 8 N–H and O–H groups in total. The first-order valence-corrected chi connectivity index (χ1v) is 31.5. The predicted molar refractivity (Wildman–Crippen MR) is 316 cm³/mol. The van der Waals surface area contributed by atoms with Crippen molar-refractivity contribution in [2.24, 2.45) is 114 Å². The number of nitrogens with zero attached hydrogens (tertiary/aromatic N) is 3. The molecule has 9 saturated carbocycles. The third kappa shape index (κ3) is 13.0. The number of hydrogen-bond acceptors (Lipinski definition) is 9. The quantitative estimate of drug-likeness (QED) is 0.0380. The summed E-state index contributed by atoms with van der Waals surface area (Å²) < 4.78 is 6.09. The van der Waals surface area contributed by atoms with E-state index in [0.717, 1.165) is 122 Å². The fourth-order valence-electron chi connectivity index (χ4n) is 19.6. The summed E-state index contributed by atoms with van der Waals surface area (Å²) in [6.45, 7) is 36.6. The van der Waals surface area contributed by atoms with Gasteiger partial charge in [0, 0.05) is 37.1 Å². The van der Waals surface area contributed by atoms with E-state index in [-0.39, 0.29) is 62.9 Å². The maximum absolute atomic E-state index is 12.1. The Labute approximate surface area is 473 Å². The van der Waals surface area contributed by atoms with Gasteiger partial charge in [0.15, 0.2) is 0 Å². The minimum absolute atomic E-state index is 0.0177. The molecular formula is C66H113N5O7. The summed E-state index contributed by atoms with van der Waals surface area (Å²) in [4.78, 5) is 24.0. The number of carbonyl (C=O) groups is 2. The molecule has 12 heteroatoms. The van der Waals surface area contributed by atoms with Crippen LogP contribution in [0.3, 0.4) is 0 Å². The van der Waals surface area contributed by atoms with Crippen LogP contribution < -0.4 is 11.5 Å². The molecule has 0 aromatic rings.